The monoisotopic (exact) mass is 361 g/mol. The first kappa shape index (κ1) is 14.6. The lowest BCUT2D eigenvalue weighted by molar-refractivity contribution is 0.612. The Labute approximate surface area is 129 Å². The molecule has 0 atom stereocenters. The van der Waals surface area contributed by atoms with Crippen LogP contribution in [0, 0.1) is 12.7 Å². The van der Waals surface area contributed by atoms with Crippen molar-refractivity contribution in [3.05, 3.63) is 61.8 Å². The van der Waals surface area contributed by atoms with Crippen molar-refractivity contribution in [2.75, 3.05) is 5.32 Å². The van der Waals surface area contributed by atoms with Crippen molar-refractivity contribution in [1.82, 2.24) is 0 Å². The van der Waals surface area contributed by atoms with Crippen molar-refractivity contribution in [1.29, 1.82) is 0 Å². The number of anilines is 1. The van der Waals surface area contributed by atoms with Gasteiger partial charge >= 0.3 is 0 Å². The normalized spacial score (nSPS) is 10.6. The number of halogens is 4. The summed E-state index contributed by atoms with van der Waals surface area (Å²) in [5.74, 6) is -0.238. The third-order valence-electron chi connectivity index (χ3n) is 2.71. The zero-order chi connectivity index (χ0) is 14.0. The summed E-state index contributed by atoms with van der Waals surface area (Å²) >= 11 is 15.4. The van der Waals surface area contributed by atoms with E-state index in [1.54, 1.807) is 24.3 Å². The highest BCUT2D eigenvalue weighted by Gasteiger charge is 2.09. The second kappa shape index (κ2) is 6.12. The summed E-state index contributed by atoms with van der Waals surface area (Å²) in [7, 11) is 0. The lowest BCUT2D eigenvalue weighted by Crippen LogP contribution is -2.03. The van der Waals surface area contributed by atoms with E-state index in [2.05, 4.69) is 21.2 Å². The van der Waals surface area contributed by atoms with Crippen LogP contribution in [0.2, 0.25) is 10.0 Å². The minimum absolute atomic E-state index is 0.238. The summed E-state index contributed by atoms with van der Waals surface area (Å²) in [5.41, 5.74) is 2.28. The molecule has 0 heterocycles. The van der Waals surface area contributed by atoms with Gasteiger partial charge in [0.15, 0.2) is 0 Å². The number of hydrogen-bond donors (Lipinski definition) is 1. The maximum absolute atomic E-state index is 13.6. The number of hydrogen-bond acceptors (Lipinski definition) is 1. The molecule has 1 nitrogen and oxygen atoms in total. The van der Waals surface area contributed by atoms with E-state index in [4.69, 9.17) is 23.2 Å². The molecular weight excluding hydrogens is 352 g/mol. The van der Waals surface area contributed by atoms with Gasteiger partial charge in [-0.1, -0.05) is 40.9 Å². The van der Waals surface area contributed by atoms with Crippen molar-refractivity contribution in [2.24, 2.45) is 0 Å². The zero-order valence-corrected chi connectivity index (χ0v) is 13.2. The number of nitrogens with one attached hydrogen (secondary N) is 1. The van der Waals surface area contributed by atoms with Gasteiger partial charge < -0.3 is 5.32 Å². The minimum Gasteiger partial charge on any atom is -0.380 e. The first-order chi connectivity index (χ1) is 8.99. The third-order valence-corrected chi connectivity index (χ3v) is 4.48. The van der Waals surface area contributed by atoms with Crippen LogP contribution >= 0.6 is 39.1 Å². The van der Waals surface area contributed by atoms with Gasteiger partial charge in [-0.05, 0) is 41.1 Å². The second-order valence-electron chi connectivity index (χ2n) is 4.17. The molecule has 0 aliphatic heterocycles. The van der Waals surface area contributed by atoms with Crippen LogP contribution in [0.1, 0.15) is 11.1 Å². The lowest BCUT2D eigenvalue weighted by atomic mass is 10.1. The molecule has 2 aromatic carbocycles. The van der Waals surface area contributed by atoms with Gasteiger partial charge in [-0.3, -0.25) is 0 Å². The topological polar surface area (TPSA) is 12.0 Å². The van der Waals surface area contributed by atoms with E-state index in [1.807, 2.05) is 6.92 Å². The summed E-state index contributed by atoms with van der Waals surface area (Å²) in [6.45, 7) is 2.28. The van der Waals surface area contributed by atoms with Crippen LogP contribution in [-0.4, -0.2) is 0 Å². The molecule has 0 amide bonds. The van der Waals surface area contributed by atoms with E-state index >= 15 is 0 Å². The van der Waals surface area contributed by atoms with Crippen molar-refractivity contribution in [3.63, 3.8) is 0 Å². The minimum atomic E-state index is -0.238. The van der Waals surface area contributed by atoms with Gasteiger partial charge in [-0.25, -0.2) is 4.39 Å². The Morgan fingerprint density at radius 1 is 1.16 bits per heavy atom. The maximum Gasteiger partial charge on any atom is 0.128 e. The van der Waals surface area contributed by atoms with Gasteiger partial charge in [-0.15, -0.1) is 0 Å². The van der Waals surface area contributed by atoms with Gasteiger partial charge in [0.25, 0.3) is 0 Å². The van der Waals surface area contributed by atoms with Crippen LogP contribution in [-0.2, 0) is 6.54 Å². The van der Waals surface area contributed by atoms with Crippen molar-refractivity contribution in [2.45, 2.75) is 13.5 Å². The molecule has 5 heteroatoms. The van der Waals surface area contributed by atoms with Crippen LogP contribution in [0.25, 0.3) is 0 Å². The zero-order valence-electron chi connectivity index (χ0n) is 10.1. The van der Waals surface area contributed by atoms with Crippen molar-refractivity contribution < 1.29 is 4.39 Å². The molecule has 19 heavy (non-hydrogen) atoms. The lowest BCUT2D eigenvalue weighted by Gasteiger charge is -2.11. The quantitative estimate of drug-likeness (QED) is 0.678. The predicted molar refractivity (Wildman–Crippen MR) is 82.6 cm³/mol. The predicted octanol–water partition coefficient (Wildman–Crippen LogP) is 5.82. The average molecular weight is 363 g/mol. The Bertz CT molecular complexity index is 617. The van der Waals surface area contributed by atoms with Gasteiger partial charge in [-0.2, -0.15) is 0 Å². The molecule has 0 saturated heterocycles. The highest BCUT2D eigenvalue weighted by atomic mass is 79.9. The van der Waals surface area contributed by atoms with Crippen LogP contribution in [0.4, 0.5) is 10.1 Å². The highest BCUT2D eigenvalue weighted by Crippen LogP contribution is 2.36. The fourth-order valence-electron chi connectivity index (χ4n) is 1.69. The molecule has 0 radical (unpaired) electrons. The van der Waals surface area contributed by atoms with Crippen LogP contribution < -0.4 is 5.32 Å². The van der Waals surface area contributed by atoms with Gasteiger partial charge in [0.2, 0.25) is 0 Å². The first-order valence-electron chi connectivity index (χ1n) is 5.61. The Kier molecular flexibility index (Phi) is 4.71. The largest absolute Gasteiger partial charge is 0.380 e. The molecule has 0 fully saturated rings. The van der Waals surface area contributed by atoms with E-state index < -0.39 is 0 Å². The summed E-state index contributed by atoms with van der Waals surface area (Å²) in [6.07, 6.45) is 0. The SMILES string of the molecule is Cc1ccc(F)c(CNc2ccc(Br)c(Cl)c2Cl)c1. The Morgan fingerprint density at radius 2 is 1.89 bits per heavy atom. The maximum atomic E-state index is 13.6. The molecule has 0 unspecified atom stereocenters. The molecule has 0 aliphatic rings. The molecule has 2 aromatic rings. The molecule has 1 N–H and O–H groups in total. The molecule has 0 spiro atoms. The third kappa shape index (κ3) is 3.41. The van der Waals surface area contributed by atoms with Crippen LogP contribution in [0.3, 0.4) is 0 Å². The molecule has 0 bridgehead atoms. The molecule has 2 rings (SSSR count). The standard InChI is InChI=1S/C14H11BrCl2FN/c1-8-2-4-11(18)9(6-8)7-19-12-5-3-10(15)13(16)14(12)17/h2-6,19H,7H2,1H3. The van der Waals surface area contributed by atoms with Gasteiger partial charge in [0.05, 0.1) is 15.7 Å². The van der Waals surface area contributed by atoms with E-state index in [-0.39, 0.29) is 5.82 Å². The van der Waals surface area contributed by atoms with Gasteiger partial charge in [0.1, 0.15) is 5.82 Å². The van der Waals surface area contributed by atoms with Crippen LogP contribution in [0.15, 0.2) is 34.8 Å². The fraction of sp³-hybridized carbons (Fsp3) is 0.143. The summed E-state index contributed by atoms with van der Waals surface area (Å²) in [6, 6.07) is 8.59. The molecule has 100 valence electrons. The number of rotatable bonds is 3. The Balaban J connectivity index is 2.19. The van der Waals surface area contributed by atoms with E-state index in [0.717, 1.165) is 10.0 Å². The first-order valence-corrected chi connectivity index (χ1v) is 7.16. The summed E-state index contributed by atoms with van der Waals surface area (Å²) in [5, 5.41) is 3.95. The second-order valence-corrected chi connectivity index (χ2v) is 5.78. The van der Waals surface area contributed by atoms with Crippen LogP contribution in [0.5, 0.6) is 0 Å². The number of aryl methyl sites for hydroxylation is 1. The summed E-state index contributed by atoms with van der Waals surface area (Å²) < 4.78 is 14.3. The van der Waals surface area contributed by atoms with Gasteiger partial charge in [0, 0.05) is 16.6 Å². The number of benzene rings is 2. The average Bonchev–Trinajstić information content (AvgIpc) is 2.39. The highest BCUT2D eigenvalue weighted by molar-refractivity contribution is 9.10. The molecule has 0 saturated carbocycles. The van der Waals surface area contributed by atoms with E-state index in [0.29, 0.717) is 27.8 Å². The van der Waals surface area contributed by atoms with Crippen molar-refractivity contribution in [3.8, 4) is 0 Å². The van der Waals surface area contributed by atoms with E-state index in [1.165, 1.54) is 6.07 Å². The Morgan fingerprint density at radius 3 is 2.63 bits per heavy atom. The smallest absolute Gasteiger partial charge is 0.128 e. The molecular formula is C14H11BrCl2FN. The molecule has 0 aromatic heterocycles. The Hall–Kier alpha value is -0.770. The molecule has 0 aliphatic carbocycles. The van der Waals surface area contributed by atoms with E-state index in [9.17, 15) is 4.39 Å². The van der Waals surface area contributed by atoms with Crippen molar-refractivity contribution >= 4 is 44.8 Å². The fourth-order valence-corrected chi connectivity index (χ4v) is 2.53. The summed E-state index contributed by atoms with van der Waals surface area (Å²) in [4.78, 5) is 0.